The first-order valence-corrected chi connectivity index (χ1v) is 9.85. The number of nitrogens with zero attached hydrogens (tertiary/aromatic N) is 1. The minimum absolute atomic E-state index is 0.152. The van der Waals surface area contributed by atoms with Gasteiger partial charge in [-0.1, -0.05) is 32.9 Å². The second kappa shape index (κ2) is 10.7. The number of carbonyl (C=O) groups is 3. The second-order valence-corrected chi connectivity index (χ2v) is 7.29. The molecule has 0 bridgehead atoms. The van der Waals surface area contributed by atoms with Crippen LogP contribution in [0.15, 0.2) is 24.3 Å². The van der Waals surface area contributed by atoms with Crippen LogP contribution in [0.5, 0.6) is 5.75 Å². The molecule has 1 aliphatic rings. The predicted molar refractivity (Wildman–Crippen MR) is 105 cm³/mol. The highest BCUT2D eigenvalue weighted by Gasteiger charge is 2.35. The number of esters is 1. The van der Waals surface area contributed by atoms with Crippen molar-refractivity contribution < 1.29 is 23.9 Å². The van der Waals surface area contributed by atoms with Crippen LogP contribution in [0.1, 0.15) is 39.2 Å². The van der Waals surface area contributed by atoms with Gasteiger partial charge in [0.2, 0.25) is 5.91 Å². The lowest BCUT2D eigenvalue weighted by Gasteiger charge is -2.34. The Bertz CT molecular complexity index is 689. The standard InChI is InChI=1S/C21H30N2O5/c1-4-16-6-5-7-17(12-16)28-14-19(24)23-10-9-22-21(26)18(23)13-20(25)27-11-8-15(2)3/h5-7,12,15,18H,4,8-11,13-14H2,1-3H3,(H,22,26). The van der Waals surface area contributed by atoms with E-state index in [-0.39, 0.29) is 24.8 Å². The maximum Gasteiger partial charge on any atom is 0.308 e. The molecule has 1 N–H and O–H groups in total. The van der Waals surface area contributed by atoms with E-state index in [1.807, 2.05) is 39.0 Å². The number of benzene rings is 1. The molecule has 7 heteroatoms. The number of piperazine rings is 1. The molecule has 7 nitrogen and oxygen atoms in total. The van der Waals surface area contributed by atoms with E-state index in [4.69, 9.17) is 9.47 Å². The molecule has 1 heterocycles. The SMILES string of the molecule is CCc1cccc(OCC(=O)N2CCNC(=O)C2CC(=O)OCCC(C)C)c1. The third kappa shape index (κ3) is 6.55. The molecular weight excluding hydrogens is 360 g/mol. The van der Waals surface area contributed by atoms with E-state index in [0.29, 0.717) is 31.4 Å². The van der Waals surface area contributed by atoms with E-state index >= 15 is 0 Å². The van der Waals surface area contributed by atoms with Crippen LogP contribution in [0.3, 0.4) is 0 Å². The van der Waals surface area contributed by atoms with Gasteiger partial charge in [0, 0.05) is 13.1 Å². The molecule has 2 rings (SSSR count). The maximum absolute atomic E-state index is 12.6. The van der Waals surface area contributed by atoms with Crippen molar-refractivity contribution in [1.82, 2.24) is 10.2 Å². The third-order valence-corrected chi connectivity index (χ3v) is 4.64. The molecule has 1 aromatic rings. The quantitative estimate of drug-likeness (QED) is 0.652. The summed E-state index contributed by atoms with van der Waals surface area (Å²) in [5.41, 5.74) is 1.12. The Morgan fingerprint density at radius 2 is 2.11 bits per heavy atom. The van der Waals surface area contributed by atoms with Crippen molar-refractivity contribution in [2.45, 2.75) is 46.1 Å². The lowest BCUT2D eigenvalue weighted by atomic mass is 10.1. The zero-order valence-electron chi connectivity index (χ0n) is 16.9. The van der Waals surface area contributed by atoms with Gasteiger partial charge < -0.3 is 19.7 Å². The van der Waals surface area contributed by atoms with Crippen LogP contribution in [0.25, 0.3) is 0 Å². The van der Waals surface area contributed by atoms with Gasteiger partial charge in [0.25, 0.3) is 5.91 Å². The molecule has 0 spiro atoms. The molecule has 28 heavy (non-hydrogen) atoms. The van der Waals surface area contributed by atoms with Crippen molar-refractivity contribution in [1.29, 1.82) is 0 Å². The Balaban J connectivity index is 1.93. The molecule has 2 amide bonds. The topological polar surface area (TPSA) is 84.9 Å². The largest absolute Gasteiger partial charge is 0.484 e. The number of carbonyl (C=O) groups excluding carboxylic acids is 3. The van der Waals surface area contributed by atoms with Gasteiger partial charge in [0.05, 0.1) is 13.0 Å². The predicted octanol–water partition coefficient (Wildman–Crippen LogP) is 1.93. The molecule has 1 aromatic carbocycles. The van der Waals surface area contributed by atoms with E-state index < -0.39 is 12.0 Å². The summed E-state index contributed by atoms with van der Waals surface area (Å²) in [4.78, 5) is 38.4. The van der Waals surface area contributed by atoms with Crippen LogP contribution >= 0.6 is 0 Å². The zero-order chi connectivity index (χ0) is 20.5. The molecule has 0 radical (unpaired) electrons. The van der Waals surface area contributed by atoms with Crippen molar-refractivity contribution >= 4 is 17.8 Å². The fraction of sp³-hybridized carbons (Fsp3) is 0.571. The Kier molecular flexibility index (Phi) is 8.29. The summed E-state index contributed by atoms with van der Waals surface area (Å²) in [7, 11) is 0. The lowest BCUT2D eigenvalue weighted by Crippen LogP contribution is -2.58. The van der Waals surface area contributed by atoms with Gasteiger partial charge in [-0.2, -0.15) is 0 Å². The third-order valence-electron chi connectivity index (χ3n) is 4.64. The molecule has 0 saturated carbocycles. The van der Waals surface area contributed by atoms with Gasteiger partial charge in [0.15, 0.2) is 6.61 Å². The van der Waals surface area contributed by atoms with E-state index in [1.54, 1.807) is 6.07 Å². The highest BCUT2D eigenvalue weighted by molar-refractivity contribution is 5.92. The van der Waals surface area contributed by atoms with Crippen LogP contribution in [-0.2, 0) is 25.5 Å². The highest BCUT2D eigenvalue weighted by Crippen LogP contribution is 2.15. The zero-order valence-corrected chi connectivity index (χ0v) is 16.9. The summed E-state index contributed by atoms with van der Waals surface area (Å²) in [6.45, 7) is 6.95. The number of hydrogen-bond donors (Lipinski definition) is 1. The van der Waals surface area contributed by atoms with E-state index in [2.05, 4.69) is 5.32 Å². The fourth-order valence-corrected chi connectivity index (χ4v) is 2.92. The number of aryl methyl sites for hydroxylation is 1. The summed E-state index contributed by atoms with van der Waals surface area (Å²) in [6.07, 6.45) is 1.48. The van der Waals surface area contributed by atoms with E-state index in [9.17, 15) is 14.4 Å². The molecule has 1 aliphatic heterocycles. The molecule has 1 unspecified atom stereocenters. The molecule has 0 aromatic heterocycles. The van der Waals surface area contributed by atoms with Crippen LogP contribution in [-0.4, -0.2) is 55.0 Å². The van der Waals surface area contributed by atoms with Crippen molar-refractivity contribution in [3.05, 3.63) is 29.8 Å². The number of amides is 2. The summed E-state index contributed by atoms with van der Waals surface area (Å²) in [6, 6.07) is 6.69. The lowest BCUT2D eigenvalue weighted by molar-refractivity contribution is -0.152. The number of ether oxygens (including phenoxy) is 2. The molecule has 0 aliphatic carbocycles. The first-order chi connectivity index (χ1) is 13.4. The van der Waals surface area contributed by atoms with Crippen LogP contribution < -0.4 is 10.1 Å². The molecule has 1 atom stereocenters. The Morgan fingerprint density at radius 1 is 1.32 bits per heavy atom. The molecule has 1 saturated heterocycles. The van der Waals surface area contributed by atoms with Crippen molar-refractivity contribution in [3.63, 3.8) is 0 Å². The van der Waals surface area contributed by atoms with Crippen molar-refractivity contribution in [2.24, 2.45) is 5.92 Å². The first kappa shape index (κ1) is 21.7. The van der Waals surface area contributed by atoms with Crippen LogP contribution in [0.2, 0.25) is 0 Å². The molecule has 1 fully saturated rings. The highest BCUT2D eigenvalue weighted by atomic mass is 16.5. The van der Waals surface area contributed by atoms with Crippen LogP contribution in [0.4, 0.5) is 0 Å². The minimum atomic E-state index is -0.863. The average molecular weight is 390 g/mol. The van der Waals surface area contributed by atoms with Crippen molar-refractivity contribution in [3.8, 4) is 5.75 Å². The fourth-order valence-electron chi connectivity index (χ4n) is 2.92. The number of rotatable bonds is 9. The smallest absolute Gasteiger partial charge is 0.308 e. The van der Waals surface area contributed by atoms with Gasteiger partial charge in [-0.05, 0) is 36.5 Å². The average Bonchev–Trinajstić information content (AvgIpc) is 2.67. The van der Waals surface area contributed by atoms with E-state index in [0.717, 1.165) is 18.4 Å². The molecule has 154 valence electrons. The Morgan fingerprint density at radius 3 is 2.82 bits per heavy atom. The Hall–Kier alpha value is -2.57. The minimum Gasteiger partial charge on any atom is -0.484 e. The monoisotopic (exact) mass is 390 g/mol. The number of hydrogen-bond acceptors (Lipinski definition) is 5. The Labute approximate surface area is 166 Å². The first-order valence-electron chi connectivity index (χ1n) is 9.85. The normalized spacial score (nSPS) is 16.6. The van der Waals surface area contributed by atoms with Gasteiger partial charge in [-0.15, -0.1) is 0 Å². The second-order valence-electron chi connectivity index (χ2n) is 7.29. The summed E-state index contributed by atoms with van der Waals surface area (Å²) in [5, 5.41) is 2.70. The summed E-state index contributed by atoms with van der Waals surface area (Å²) in [5.74, 6) is -0.104. The molecular formula is C21H30N2O5. The van der Waals surface area contributed by atoms with Gasteiger partial charge in [-0.3, -0.25) is 14.4 Å². The van der Waals surface area contributed by atoms with Gasteiger partial charge in [-0.25, -0.2) is 0 Å². The number of nitrogens with one attached hydrogen (secondary N) is 1. The summed E-state index contributed by atoms with van der Waals surface area (Å²) >= 11 is 0. The summed E-state index contributed by atoms with van der Waals surface area (Å²) < 4.78 is 10.8. The maximum atomic E-state index is 12.6. The van der Waals surface area contributed by atoms with Crippen molar-refractivity contribution in [2.75, 3.05) is 26.3 Å². The van der Waals surface area contributed by atoms with E-state index in [1.165, 1.54) is 4.90 Å². The van der Waals surface area contributed by atoms with Gasteiger partial charge >= 0.3 is 5.97 Å². The van der Waals surface area contributed by atoms with Gasteiger partial charge in [0.1, 0.15) is 11.8 Å². The van der Waals surface area contributed by atoms with Crippen LogP contribution in [0, 0.1) is 5.92 Å².